The number of aromatic nitrogens is 4. The molecule has 0 atom stereocenters. The Morgan fingerprint density at radius 1 is 1.08 bits per heavy atom. The molecule has 0 unspecified atom stereocenters. The maximum Gasteiger partial charge on any atom is 0.272 e. The number of amides is 1. The predicted octanol–water partition coefficient (Wildman–Crippen LogP) is 1.62. The molecule has 0 aliphatic carbocycles. The molecular formula is C17H18N6O. The van der Waals surface area contributed by atoms with Gasteiger partial charge in [-0.3, -0.25) is 4.79 Å². The Balaban J connectivity index is 1.50. The Morgan fingerprint density at radius 2 is 1.88 bits per heavy atom. The molecule has 24 heavy (non-hydrogen) atoms. The Morgan fingerprint density at radius 3 is 2.62 bits per heavy atom. The van der Waals surface area contributed by atoms with E-state index in [9.17, 15) is 4.79 Å². The summed E-state index contributed by atoms with van der Waals surface area (Å²) in [6.07, 6.45) is 3.20. The SMILES string of the molecule is Cc1ncc(C(=O)N2CCN(c3ncnc4ccccc34)CC2)[nH]1. The second-order valence-electron chi connectivity index (χ2n) is 5.88. The fourth-order valence-corrected chi connectivity index (χ4v) is 3.06. The quantitative estimate of drug-likeness (QED) is 0.776. The van der Waals surface area contributed by atoms with Crippen molar-refractivity contribution in [1.29, 1.82) is 0 Å². The van der Waals surface area contributed by atoms with Gasteiger partial charge >= 0.3 is 0 Å². The molecule has 1 aliphatic heterocycles. The van der Waals surface area contributed by atoms with Crippen molar-refractivity contribution in [2.24, 2.45) is 0 Å². The second-order valence-corrected chi connectivity index (χ2v) is 5.88. The third-order valence-corrected chi connectivity index (χ3v) is 4.32. The Hall–Kier alpha value is -2.96. The van der Waals surface area contributed by atoms with Crippen LogP contribution in [0.4, 0.5) is 5.82 Å². The molecule has 0 bridgehead atoms. The monoisotopic (exact) mass is 322 g/mol. The molecule has 0 saturated carbocycles. The molecule has 7 heteroatoms. The van der Waals surface area contributed by atoms with Crippen molar-refractivity contribution < 1.29 is 4.79 Å². The van der Waals surface area contributed by atoms with Crippen LogP contribution in [0.1, 0.15) is 16.3 Å². The minimum absolute atomic E-state index is 0.00259. The third-order valence-electron chi connectivity index (χ3n) is 4.32. The number of aromatic amines is 1. The van der Waals surface area contributed by atoms with Crippen LogP contribution in [-0.4, -0.2) is 56.9 Å². The lowest BCUT2D eigenvalue weighted by Gasteiger charge is -2.35. The molecule has 1 N–H and O–H groups in total. The molecule has 4 rings (SSSR count). The number of carbonyl (C=O) groups is 1. The van der Waals surface area contributed by atoms with Crippen LogP contribution in [0.25, 0.3) is 10.9 Å². The van der Waals surface area contributed by atoms with Crippen molar-refractivity contribution in [2.75, 3.05) is 31.1 Å². The summed E-state index contributed by atoms with van der Waals surface area (Å²) in [6.45, 7) is 4.67. The molecule has 122 valence electrons. The number of carbonyl (C=O) groups excluding carboxylic acids is 1. The van der Waals surface area contributed by atoms with E-state index < -0.39 is 0 Å². The summed E-state index contributed by atoms with van der Waals surface area (Å²) in [6, 6.07) is 7.99. The molecule has 1 fully saturated rings. The van der Waals surface area contributed by atoms with Crippen LogP contribution < -0.4 is 4.90 Å². The number of anilines is 1. The molecular weight excluding hydrogens is 304 g/mol. The van der Waals surface area contributed by atoms with Gasteiger partial charge < -0.3 is 14.8 Å². The number of hydrogen-bond acceptors (Lipinski definition) is 5. The summed E-state index contributed by atoms with van der Waals surface area (Å²) in [4.78, 5) is 32.4. The molecule has 3 heterocycles. The fourth-order valence-electron chi connectivity index (χ4n) is 3.06. The van der Waals surface area contributed by atoms with Crippen LogP contribution >= 0.6 is 0 Å². The number of hydrogen-bond donors (Lipinski definition) is 1. The molecule has 1 aromatic carbocycles. The molecule has 7 nitrogen and oxygen atoms in total. The number of aryl methyl sites for hydroxylation is 1. The van der Waals surface area contributed by atoms with Gasteiger partial charge in [-0.25, -0.2) is 15.0 Å². The lowest BCUT2D eigenvalue weighted by Crippen LogP contribution is -2.49. The van der Waals surface area contributed by atoms with Crippen LogP contribution in [0.3, 0.4) is 0 Å². The maximum atomic E-state index is 12.5. The van der Waals surface area contributed by atoms with E-state index in [1.54, 1.807) is 12.5 Å². The van der Waals surface area contributed by atoms with Crippen molar-refractivity contribution in [3.05, 3.63) is 48.3 Å². The van der Waals surface area contributed by atoms with Gasteiger partial charge in [0, 0.05) is 31.6 Å². The minimum Gasteiger partial charge on any atom is -0.352 e. The first kappa shape index (κ1) is 14.6. The normalized spacial score (nSPS) is 15.0. The molecule has 3 aromatic rings. The lowest BCUT2D eigenvalue weighted by molar-refractivity contribution is 0.0741. The first-order valence-corrected chi connectivity index (χ1v) is 7.98. The summed E-state index contributed by atoms with van der Waals surface area (Å²) < 4.78 is 0. The number of H-pyrrole nitrogens is 1. The van der Waals surface area contributed by atoms with Gasteiger partial charge in [0.15, 0.2) is 0 Å². The van der Waals surface area contributed by atoms with E-state index in [0.717, 1.165) is 35.6 Å². The molecule has 1 saturated heterocycles. The first-order chi connectivity index (χ1) is 11.7. The summed E-state index contributed by atoms with van der Waals surface area (Å²) >= 11 is 0. The zero-order valence-electron chi connectivity index (χ0n) is 13.4. The van der Waals surface area contributed by atoms with Gasteiger partial charge in [0.25, 0.3) is 5.91 Å². The highest BCUT2D eigenvalue weighted by Gasteiger charge is 2.24. The molecule has 0 radical (unpaired) electrons. The molecule has 0 spiro atoms. The van der Waals surface area contributed by atoms with Gasteiger partial charge in [-0.1, -0.05) is 12.1 Å². The fraction of sp³-hybridized carbons (Fsp3) is 0.294. The van der Waals surface area contributed by atoms with E-state index in [0.29, 0.717) is 18.8 Å². The van der Waals surface area contributed by atoms with Crippen LogP contribution in [0.5, 0.6) is 0 Å². The third kappa shape index (κ3) is 2.58. The smallest absolute Gasteiger partial charge is 0.272 e. The predicted molar refractivity (Wildman–Crippen MR) is 91.0 cm³/mol. The number of rotatable bonds is 2. The molecule has 1 aliphatic rings. The van der Waals surface area contributed by atoms with E-state index >= 15 is 0 Å². The Kier molecular flexibility index (Phi) is 3.60. The summed E-state index contributed by atoms with van der Waals surface area (Å²) in [5.74, 6) is 1.69. The van der Waals surface area contributed by atoms with Gasteiger partial charge in [-0.2, -0.15) is 0 Å². The zero-order chi connectivity index (χ0) is 16.5. The minimum atomic E-state index is 0.00259. The highest BCUT2D eigenvalue weighted by atomic mass is 16.2. The van der Waals surface area contributed by atoms with Gasteiger partial charge in [-0.05, 0) is 19.1 Å². The van der Waals surface area contributed by atoms with E-state index in [1.165, 1.54) is 0 Å². The Bertz CT molecular complexity index is 876. The molecule has 1 amide bonds. The van der Waals surface area contributed by atoms with E-state index in [2.05, 4.69) is 24.8 Å². The summed E-state index contributed by atoms with van der Waals surface area (Å²) in [7, 11) is 0. The number of imidazole rings is 1. The summed E-state index contributed by atoms with van der Waals surface area (Å²) in [5, 5.41) is 1.05. The average molecular weight is 322 g/mol. The van der Waals surface area contributed by atoms with Gasteiger partial charge in [0.05, 0.1) is 11.7 Å². The van der Waals surface area contributed by atoms with Gasteiger partial charge in [0.2, 0.25) is 0 Å². The number of nitrogens with one attached hydrogen (secondary N) is 1. The number of piperazine rings is 1. The standard InChI is InChI=1S/C17H18N6O/c1-12-18-10-15(21-12)17(24)23-8-6-22(7-9-23)16-13-4-2-3-5-14(13)19-11-20-16/h2-5,10-11H,6-9H2,1H3,(H,18,21). The number of nitrogens with zero attached hydrogens (tertiary/aromatic N) is 5. The van der Waals surface area contributed by atoms with Gasteiger partial charge in [0.1, 0.15) is 23.7 Å². The number of para-hydroxylation sites is 1. The van der Waals surface area contributed by atoms with Gasteiger partial charge in [-0.15, -0.1) is 0 Å². The van der Waals surface area contributed by atoms with Crippen LogP contribution in [0, 0.1) is 6.92 Å². The largest absolute Gasteiger partial charge is 0.352 e. The van der Waals surface area contributed by atoms with Crippen LogP contribution in [-0.2, 0) is 0 Å². The van der Waals surface area contributed by atoms with Crippen LogP contribution in [0.15, 0.2) is 36.8 Å². The number of benzene rings is 1. The summed E-state index contributed by atoms with van der Waals surface area (Å²) in [5.41, 5.74) is 1.49. The highest BCUT2D eigenvalue weighted by molar-refractivity contribution is 5.92. The van der Waals surface area contributed by atoms with E-state index in [4.69, 9.17) is 0 Å². The Labute approximate surface area is 139 Å². The van der Waals surface area contributed by atoms with Crippen molar-refractivity contribution >= 4 is 22.6 Å². The van der Waals surface area contributed by atoms with E-state index in [1.807, 2.05) is 36.1 Å². The second kappa shape index (κ2) is 5.92. The topological polar surface area (TPSA) is 78.0 Å². The highest BCUT2D eigenvalue weighted by Crippen LogP contribution is 2.23. The van der Waals surface area contributed by atoms with Crippen LogP contribution in [0.2, 0.25) is 0 Å². The van der Waals surface area contributed by atoms with E-state index in [-0.39, 0.29) is 5.91 Å². The maximum absolute atomic E-state index is 12.5. The molecule has 2 aromatic heterocycles. The average Bonchev–Trinajstić information content (AvgIpc) is 3.07. The number of fused-ring (bicyclic) bond motifs is 1. The van der Waals surface area contributed by atoms with Crippen molar-refractivity contribution in [3.63, 3.8) is 0 Å². The first-order valence-electron chi connectivity index (χ1n) is 7.98. The van der Waals surface area contributed by atoms with Crippen molar-refractivity contribution in [3.8, 4) is 0 Å². The zero-order valence-corrected chi connectivity index (χ0v) is 13.4. The van der Waals surface area contributed by atoms with Crippen molar-refractivity contribution in [2.45, 2.75) is 6.92 Å². The van der Waals surface area contributed by atoms with Crippen molar-refractivity contribution in [1.82, 2.24) is 24.8 Å². The lowest BCUT2D eigenvalue weighted by atomic mass is 10.2.